The van der Waals surface area contributed by atoms with Crippen molar-refractivity contribution in [2.24, 2.45) is 0 Å². The van der Waals surface area contributed by atoms with Gasteiger partial charge in [0.05, 0.1) is 12.1 Å². The zero-order valence-corrected chi connectivity index (χ0v) is 13.9. The molecule has 0 radical (unpaired) electrons. The third kappa shape index (κ3) is 4.53. The molecule has 2 aromatic rings. The van der Waals surface area contributed by atoms with Crippen LogP contribution in [0.15, 0.2) is 36.4 Å². The van der Waals surface area contributed by atoms with Crippen molar-refractivity contribution in [3.8, 4) is 0 Å². The Morgan fingerprint density at radius 2 is 1.96 bits per heavy atom. The number of benzene rings is 1. The Balaban J connectivity index is 1.51. The van der Waals surface area contributed by atoms with Crippen LogP contribution in [0.4, 0.5) is 0 Å². The van der Waals surface area contributed by atoms with Crippen LogP contribution in [-0.4, -0.2) is 53.9 Å². The minimum absolute atomic E-state index is 0.0545. The minimum atomic E-state index is -0.671. The fraction of sp³-hybridized carbons (Fsp3) is 0.333. The number of carbonyl (C=O) groups is 3. The maximum atomic E-state index is 12.1. The van der Waals surface area contributed by atoms with E-state index in [-0.39, 0.29) is 24.2 Å². The number of aromatic nitrogens is 1. The van der Waals surface area contributed by atoms with E-state index in [1.807, 2.05) is 18.2 Å². The Morgan fingerprint density at radius 1 is 1.20 bits per heavy atom. The van der Waals surface area contributed by atoms with Crippen molar-refractivity contribution in [3.63, 3.8) is 0 Å². The SMILES string of the molecule is CN(CC(=O)NC1CC1)C(=O)COC(=O)c1ccc2ccccc2n1. The maximum absolute atomic E-state index is 12.1. The van der Waals surface area contributed by atoms with Gasteiger partial charge in [-0.05, 0) is 25.0 Å². The molecule has 1 aromatic carbocycles. The maximum Gasteiger partial charge on any atom is 0.357 e. The number of pyridine rings is 1. The molecule has 0 unspecified atom stereocenters. The van der Waals surface area contributed by atoms with Gasteiger partial charge in [-0.2, -0.15) is 0 Å². The summed E-state index contributed by atoms with van der Waals surface area (Å²) < 4.78 is 5.01. The number of hydrogen-bond donors (Lipinski definition) is 1. The fourth-order valence-electron chi connectivity index (χ4n) is 2.30. The minimum Gasteiger partial charge on any atom is -0.451 e. The molecule has 130 valence electrons. The van der Waals surface area contributed by atoms with E-state index in [2.05, 4.69) is 10.3 Å². The summed E-state index contributed by atoms with van der Waals surface area (Å²) in [4.78, 5) is 41.2. The molecule has 7 heteroatoms. The molecule has 1 heterocycles. The standard InChI is InChI=1S/C18H19N3O4/c1-21(10-16(22)19-13-7-8-13)17(23)11-25-18(24)15-9-6-12-4-2-3-5-14(12)20-15/h2-6,9,13H,7-8,10-11H2,1H3,(H,19,22). The molecule has 1 aliphatic carbocycles. The molecule has 0 spiro atoms. The van der Waals surface area contributed by atoms with E-state index < -0.39 is 18.5 Å². The molecular weight excluding hydrogens is 322 g/mol. The summed E-state index contributed by atoms with van der Waals surface area (Å²) in [5, 5.41) is 3.71. The summed E-state index contributed by atoms with van der Waals surface area (Å²) in [6.07, 6.45) is 1.97. The second-order valence-corrected chi connectivity index (χ2v) is 6.06. The lowest BCUT2D eigenvalue weighted by molar-refractivity contribution is -0.137. The van der Waals surface area contributed by atoms with Gasteiger partial charge in [0.15, 0.2) is 6.61 Å². The van der Waals surface area contributed by atoms with Crippen molar-refractivity contribution in [2.45, 2.75) is 18.9 Å². The van der Waals surface area contributed by atoms with Gasteiger partial charge < -0.3 is 15.0 Å². The number of rotatable bonds is 6. The zero-order valence-electron chi connectivity index (χ0n) is 13.9. The van der Waals surface area contributed by atoms with Crippen molar-refractivity contribution < 1.29 is 19.1 Å². The highest BCUT2D eigenvalue weighted by molar-refractivity contribution is 5.93. The van der Waals surface area contributed by atoms with Gasteiger partial charge in [0.25, 0.3) is 5.91 Å². The first-order chi connectivity index (χ1) is 12.0. The lowest BCUT2D eigenvalue weighted by atomic mass is 10.2. The average molecular weight is 341 g/mol. The summed E-state index contributed by atoms with van der Waals surface area (Å²) in [7, 11) is 1.50. The molecule has 7 nitrogen and oxygen atoms in total. The van der Waals surface area contributed by atoms with Crippen LogP contribution in [0.5, 0.6) is 0 Å². The number of carbonyl (C=O) groups excluding carboxylic acids is 3. The number of nitrogens with one attached hydrogen (secondary N) is 1. The highest BCUT2D eigenvalue weighted by Crippen LogP contribution is 2.18. The van der Waals surface area contributed by atoms with Gasteiger partial charge in [-0.15, -0.1) is 0 Å². The Morgan fingerprint density at radius 3 is 2.72 bits per heavy atom. The number of fused-ring (bicyclic) bond motifs is 1. The number of esters is 1. The fourth-order valence-corrected chi connectivity index (χ4v) is 2.30. The van der Waals surface area contributed by atoms with E-state index in [1.54, 1.807) is 18.2 Å². The van der Waals surface area contributed by atoms with Crippen LogP contribution in [0.1, 0.15) is 23.3 Å². The van der Waals surface area contributed by atoms with Crippen LogP contribution in [0, 0.1) is 0 Å². The van der Waals surface area contributed by atoms with Crippen molar-refractivity contribution in [3.05, 3.63) is 42.1 Å². The Kier molecular flexibility index (Phi) is 4.92. The Labute approximate surface area is 145 Å². The summed E-state index contributed by atoms with van der Waals surface area (Å²) in [5.41, 5.74) is 0.817. The largest absolute Gasteiger partial charge is 0.451 e. The molecule has 0 saturated heterocycles. The van der Waals surface area contributed by atoms with Crippen molar-refractivity contribution in [1.82, 2.24) is 15.2 Å². The number of para-hydroxylation sites is 1. The predicted molar refractivity (Wildman–Crippen MR) is 90.8 cm³/mol. The topological polar surface area (TPSA) is 88.6 Å². The van der Waals surface area contributed by atoms with Gasteiger partial charge in [-0.3, -0.25) is 9.59 Å². The molecule has 0 bridgehead atoms. The number of amides is 2. The van der Waals surface area contributed by atoms with Crippen molar-refractivity contribution in [1.29, 1.82) is 0 Å². The normalized spacial score (nSPS) is 13.3. The van der Waals surface area contributed by atoms with Gasteiger partial charge in [0.1, 0.15) is 5.69 Å². The van der Waals surface area contributed by atoms with Crippen LogP contribution >= 0.6 is 0 Å². The molecular formula is C18H19N3O4. The lowest BCUT2D eigenvalue weighted by Gasteiger charge is -2.16. The van der Waals surface area contributed by atoms with Crippen LogP contribution < -0.4 is 5.32 Å². The molecule has 1 saturated carbocycles. The summed E-state index contributed by atoms with van der Waals surface area (Å²) in [6.45, 7) is -0.484. The predicted octanol–water partition coefficient (Wildman–Crippen LogP) is 1.13. The van der Waals surface area contributed by atoms with Crippen LogP contribution in [0.25, 0.3) is 10.9 Å². The molecule has 0 atom stereocenters. The van der Waals surface area contributed by atoms with Crippen LogP contribution in [0.2, 0.25) is 0 Å². The van der Waals surface area contributed by atoms with Crippen molar-refractivity contribution >= 4 is 28.7 Å². The first-order valence-electron chi connectivity index (χ1n) is 8.09. The average Bonchev–Trinajstić information content (AvgIpc) is 3.42. The highest BCUT2D eigenvalue weighted by atomic mass is 16.5. The number of ether oxygens (including phenoxy) is 1. The molecule has 1 aromatic heterocycles. The highest BCUT2D eigenvalue weighted by Gasteiger charge is 2.24. The van der Waals surface area contributed by atoms with E-state index in [4.69, 9.17) is 4.74 Å². The molecule has 1 aliphatic rings. The van der Waals surface area contributed by atoms with E-state index in [0.29, 0.717) is 5.52 Å². The number of hydrogen-bond acceptors (Lipinski definition) is 5. The monoisotopic (exact) mass is 341 g/mol. The van der Waals surface area contributed by atoms with Crippen LogP contribution in [0.3, 0.4) is 0 Å². The van der Waals surface area contributed by atoms with E-state index in [1.165, 1.54) is 11.9 Å². The third-order valence-electron chi connectivity index (χ3n) is 3.88. The quantitative estimate of drug-likeness (QED) is 0.796. The van der Waals surface area contributed by atoms with Gasteiger partial charge in [-0.1, -0.05) is 24.3 Å². The smallest absolute Gasteiger partial charge is 0.357 e. The Bertz CT molecular complexity index is 817. The summed E-state index contributed by atoms with van der Waals surface area (Å²) >= 11 is 0. The van der Waals surface area contributed by atoms with Crippen LogP contribution in [-0.2, 0) is 14.3 Å². The third-order valence-corrected chi connectivity index (χ3v) is 3.88. The molecule has 25 heavy (non-hydrogen) atoms. The Hall–Kier alpha value is -2.96. The van der Waals surface area contributed by atoms with Gasteiger partial charge in [0, 0.05) is 18.5 Å². The zero-order chi connectivity index (χ0) is 17.8. The van der Waals surface area contributed by atoms with E-state index in [0.717, 1.165) is 18.2 Å². The first kappa shape index (κ1) is 16.9. The molecule has 1 fully saturated rings. The molecule has 2 amide bonds. The second-order valence-electron chi connectivity index (χ2n) is 6.06. The molecule has 3 rings (SSSR count). The second kappa shape index (κ2) is 7.29. The lowest BCUT2D eigenvalue weighted by Crippen LogP contribution is -2.40. The number of nitrogens with zero attached hydrogens (tertiary/aromatic N) is 2. The summed E-state index contributed by atoms with van der Waals surface area (Å²) in [5.74, 6) is -1.32. The molecule has 0 aliphatic heterocycles. The van der Waals surface area contributed by atoms with Gasteiger partial charge in [0.2, 0.25) is 5.91 Å². The first-order valence-corrected chi connectivity index (χ1v) is 8.09. The van der Waals surface area contributed by atoms with Gasteiger partial charge >= 0.3 is 5.97 Å². The van der Waals surface area contributed by atoms with E-state index >= 15 is 0 Å². The van der Waals surface area contributed by atoms with Crippen molar-refractivity contribution in [2.75, 3.05) is 20.2 Å². The number of likely N-dealkylation sites (N-methyl/N-ethyl adjacent to an activating group) is 1. The van der Waals surface area contributed by atoms with E-state index in [9.17, 15) is 14.4 Å². The van der Waals surface area contributed by atoms with Gasteiger partial charge in [-0.25, -0.2) is 9.78 Å². The molecule has 1 N–H and O–H groups in total. The summed E-state index contributed by atoms with van der Waals surface area (Å²) in [6, 6.07) is 11.0.